The monoisotopic (exact) mass is 352 g/mol. The van der Waals surface area contributed by atoms with Gasteiger partial charge < -0.3 is 19.5 Å². The first-order valence-corrected chi connectivity index (χ1v) is 9.03. The van der Waals surface area contributed by atoms with E-state index in [1.54, 1.807) is 12.0 Å². The Bertz CT molecular complexity index is 484. The van der Waals surface area contributed by atoms with Crippen LogP contribution in [0.1, 0.15) is 33.6 Å². The molecule has 1 N–H and O–H groups in total. The van der Waals surface area contributed by atoms with E-state index < -0.39 is 5.60 Å². The SMILES string of the molecule is COC[C@@H]1CC=CC(COC[C@@H]2CC=CCN2C(=O)OC(C)(C)C)N1. The zero-order valence-corrected chi connectivity index (χ0v) is 15.9. The molecular formula is C19H32N2O4. The normalized spacial score (nSPS) is 26.7. The Morgan fingerprint density at radius 3 is 2.68 bits per heavy atom. The highest BCUT2D eigenvalue weighted by Crippen LogP contribution is 2.17. The zero-order chi connectivity index (χ0) is 18.3. The van der Waals surface area contributed by atoms with Crippen molar-refractivity contribution in [2.24, 2.45) is 0 Å². The number of nitrogens with zero attached hydrogens (tertiary/aromatic N) is 1. The average molecular weight is 352 g/mol. The second-order valence-electron chi connectivity index (χ2n) is 7.62. The molecule has 6 nitrogen and oxygen atoms in total. The minimum atomic E-state index is -0.489. The predicted octanol–water partition coefficient (Wildman–Crippen LogP) is 2.50. The van der Waals surface area contributed by atoms with Gasteiger partial charge in [-0.15, -0.1) is 0 Å². The third-order valence-electron chi connectivity index (χ3n) is 4.16. The summed E-state index contributed by atoms with van der Waals surface area (Å²) in [4.78, 5) is 14.1. The lowest BCUT2D eigenvalue weighted by molar-refractivity contribution is 0.00141. The van der Waals surface area contributed by atoms with Crippen molar-refractivity contribution in [2.45, 2.75) is 57.3 Å². The first-order valence-electron chi connectivity index (χ1n) is 9.03. The summed E-state index contributed by atoms with van der Waals surface area (Å²) >= 11 is 0. The molecule has 2 aliphatic rings. The van der Waals surface area contributed by atoms with Crippen LogP contribution in [0.5, 0.6) is 0 Å². The van der Waals surface area contributed by atoms with E-state index in [2.05, 4.69) is 23.5 Å². The van der Waals surface area contributed by atoms with Crippen LogP contribution in [0.3, 0.4) is 0 Å². The van der Waals surface area contributed by atoms with Gasteiger partial charge in [-0.3, -0.25) is 4.90 Å². The summed E-state index contributed by atoms with van der Waals surface area (Å²) in [6, 6.07) is 0.532. The second kappa shape index (κ2) is 9.36. The van der Waals surface area contributed by atoms with Gasteiger partial charge in [0.15, 0.2) is 0 Å². The number of ether oxygens (including phenoxy) is 3. The molecular weight excluding hydrogens is 320 g/mol. The van der Waals surface area contributed by atoms with E-state index in [1.807, 2.05) is 26.8 Å². The van der Waals surface area contributed by atoms with Gasteiger partial charge in [0.2, 0.25) is 0 Å². The number of nitrogens with one attached hydrogen (secondary N) is 1. The first kappa shape index (κ1) is 19.9. The van der Waals surface area contributed by atoms with Crippen molar-refractivity contribution < 1.29 is 19.0 Å². The first-order chi connectivity index (χ1) is 11.9. The molecule has 0 spiro atoms. The van der Waals surface area contributed by atoms with E-state index in [0.717, 1.165) is 12.8 Å². The van der Waals surface area contributed by atoms with Crippen molar-refractivity contribution in [3.05, 3.63) is 24.3 Å². The quantitative estimate of drug-likeness (QED) is 0.744. The van der Waals surface area contributed by atoms with Gasteiger partial charge in [-0.25, -0.2) is 4.79 Å². The highest BCUT2D eigenvalue weighted by atomic mass is 16.6. The average Bonchev–Trinajstić information content (AvgIpc) is 2.54. The number of hydrogen-bond donors (Lipinski definition) is 1. The molecule has 0 aromatic heterocycles. The van der Waals surface area contributed by atoms with Gasteiger partial charge in [0, 0.05) is 25.7 Å². The Kier molecular flexibility index (Phi) is 7.47. The Balaban J connectivity index is 1.80. The lowest BCUT2D eigenvalue weighted by Gasteiger charge is -2.34. The van der Waals surface area contributed by atoms with Crippen LogP contribution in [0.25, 0.3) is 0 Å². The van der Waals surface area contributed by atoms with Gasteiger partial charge in [-0.1, -0.05) is 24.3 Å². The van der Waals surface area contributed by atoms with Crippen molar-refractivity contribution in [3.63, 3.8) is 0 Å². The minimum Gasteiger partial charge on any atom is -0.444 e. The van der Waals surface area contributed by atoms with Crippen molar-refractivity contribution >= 4 is 6.09 Å². The van der Waals surface area contributed by atoms with Gasteiger partial charge >= 0.3 is 6.09 Å². The maximum absolute atomic E-state index is 12.4. The Labute approximate surface area is 151 Å². The topological polar surface area (TPSA) is 60.0 Å². The Hall–Kier alpha value is -1.37. The van der Waals surface area contributed by atoms with Gasteiger partial charge in [-0.2, -0.15) is 0 Å². The summed E-state index contributed by atoms with van der Waals surface area (Å²) in [5.41, 5.74) is -0.489. The molecule has 0 fully saturated rings. The molecule has 0 aliphatic carbocycles. The largest absolute Gasteiger partial charge is 0.444 e. The summed E-state index contributed by atoms with van der Waals surface area (Å²) < 4.78 is 16.6. The van der Waals surface area contributed by atoms with Crippen LogP contribution in [0.4, 0.5) is 4.79 Å². The van der Waals surface area contributed by atoms with Crippen LogP contribution in [-0.2, 0) is 14.2 Å². The standard InChI is InChI=1S/C19H32N2O4/c1-19(2,3)25-18(22)21-11-6-5-10-17(21)14-24-13-16-9-7-8-15(20-16)12-23-4/h5-7,9,15-17,20H,8,10-14H2,1-4H3/t15-,16?,17-/m0/s1. The third-order valence-corrected chi connectivity index (χ3v) is 4.16. The lowest BCUT2D eigenvalue weighted by Crippen LogP contribution is -2.48. The highest BCUT2D eigenvalue weighted by Gasteiger charge is 2.29. The maximum Gasteiger partial charge on any atom is 0.410 e. The maximum atomic E-state index is 12.4. The fourth-order valence-electron chi connectivity index (χ4n) is 3.01. The Morgan fingerprint density at radius 2 is 1.96 bits per heavy atom. The van der Waals surface area contributed by atoms with E-state index in [-0.39, 0.29) is 18.2 Å². The van der Waals surface area contributed by atoms with E-state index >= 15 is 0 Å². The number of methoxy groups -OCH3 is 1. The molecule has 0 aromatic carbocycles. The van der Waals surface area contributed by atoms with Gasteiger partial charge in [0.25, 0.3) is 0 Å². The van der Waals surface area contributed by atoms with E-state index in [1.165, 1.54) is 0 Å². The number of amides is 1. The van der Waals surface area contributed by atoms with Crippen molar-refractivity contribution in [3.8, 4) is 0 Å². The van der Waals surface area contributed by atoms with Crippen molar-refractivity contribution in [1.29, 1.82) is 0 Å². The fraction of sp³-hybridized carbons (Fsp3) is 0.737. The molecule has 0 radical (unpaired) electrons. The number of carbonyl (C=O) groups is 1. The van der Waals surface area contributed by atoms with Crippen LogP contribution < -0.4 is 5.32 Å². The van der Waals surface area contributed by atoms with E-state index in [0.29, 0.717) is 32.4 Å². The molecule has 25 heavy (non-hydrogen) atoms. The molecule has 2 aliphatic heterocycles. The fourth-order valence-corrected chi connectivity index (χ4v) is 3.01. The molecule has 6 heteroatoms. The van der Waals surface area contributed by atoms with Crippen molar-refractivity contribution in [2.75, 3.05) is 33.5 Å². The number of carbonyl (C=O) groups excluding carboxylic acids is 1. The smallest absolute Gasteiger partial charge is 0.410 e. The summed E-state index contributed by atoms with van der Waals surface area (Å²) in [7, 11) is 1.72. The molecule has 3 atom stereocenters. The summed E-state index contributed by atoms with van der Waals surface area (Å²) in [5, 5.41) is 3.50. The van der Waals surface area contributed by atoms with E-state index in [4.69, 9.17) is 14.2 Å². The van der Waals surface area contributed by atoms with Gasteiger partial charge in [0.05, 0.1) is 25.9 Å². The van der Waals surface area contributed by atoms with Crippen LogP contribution in [-0.4, -0.2) is 68.2 Å². The van der Waals surface area contributed by atoms with E-state index in [9.17, 15) is 4.79 Å². The summed E-state index contributed by atoms with van der Waals surface area (Å²) in [6.07, 6.45) is 9.90. The predicted molar refractivity (Wildman–Crippen MR) is 97.6 cm³/mol. The van der Waals surface area contributed by atoms with Crippen LogP contribution in [0.2, 0.25) is 0 Å². The number of rotatable bonds is 6. The number of hydrogen-bond acceptors (Lipinski definition) is 5. The molecule has 142 valence electrons. The molecule has 0 saturated heterocycles. The molecule has 0 bridgehead atoms. The Morgan fingerprint density at radius 1 is 1.16 bits per heavy atom. The van der Waals surface area contributed by atoms with Crippen LogP contribution in [0.15, 0.2) is 24.3 Å². The summed E-state index contributed by atoms with van der Waals surface area (Å²) in [5.74, 6) is 0. The molecule has 0 saturated carbocycles. The molecule has 1 unspecified atom stereocenters. The van der Waals surface area contributed by atoms with Crippen molar-refractivity contribution in [1.82, 2.24) is 10.2 Å². The molecule has 0 aromatic rings. The minimum absolute atomic E-state index is 0.0159. The molecule has 1 amide bonds. The highest BCUT2D eigenvalue weighted by molar-refractivity contribution is 5.69. The molecule has 2 heterocycles. The zero-order valence-electron chi connectivity index (χ0n) is 15.9. The van der Waals surface area contributed by atoms with Crippen LogP contribution in [0, 0.1) is 0 Å². The van der Waals surface area contributed by atoms with Gasteiger partial charge in [-0.05, 0) is 33.6 Å². The summed E-state index contributed by atoms with van der Waals surface area (Å²) in [6.45, 7) is 8.00. The lowest BCUT2D eigenvalue weighted by atomic mass is 10.1. The molecule has 2 rings (SSSR count). The van der Waals surface area contributed by atoms with Gasteiger partial charge in [0.1, 0.15) is 5.60 Å². The van der Waals surface area contributed by atoms with Crippen LogP contribution >= 0.6 is 0 Å². The third kappa shape index (κ3) is 6.80. The second-order valence-corrected chi connectivity index (χ2v) is 7.62.